The zero-order chi connectivity index (χ0) is 15.1. The third kappa shape index (κ3) is 2.31. The molecule has 1 aromatic heterocycles. The standard InChI is InChI=1S/C12H10F3N3O2/c1-6-2-4-7(5-3-6)8-9(11(19)20)17-18(10(8)16)12(13,14)15/h2-5H,16H2,1H3,(H,19,20). The van der Waals surface area contributed by atoms with Crippen LogP contribution in [0.2, 0.25) is 0 Å². The van der Waals surface area contributed by atoms with Gasteiger partial charge in [-0.15, -0.1) is 13.2 Å². The summed E-state index contributed by atoms with van der Waals surface area (Å²) >= 11 is 0. The normalized spacial score (nSPS) is 11.6. The molecule has 2 rings (SSSR count). The van der Waals surface area contributed by atoms with Gasteiger partial charge in [-0.2, -0.15) is 9.78 Å². The predicted octanol–water partition coefficient (Wildman–Crippen LogP) is 2.62. The van der Waals surface area contributed by atoms with Crippen molar-refractivity contribution in [2.45, 2.75) is 13.2 Å². The SMILES string of the molecule is Cc1ccc(-c2c(C(=O)O)nn(C(F)(F)F)c2N)cc1. The first-order valence-corrected chi connectivity index (χ1v) is 5.48. The average Bonchev–Trinajstić information content (AvgIpc) is 2.68. The summed E-state index contributed by atoms with van der Waals surface area (Å²) in [6.45, 7) is 1.80. The highest BCUT2D eigenvalue weighted by atomic mass is 19.4. The van der Waals surface area contributed by atoms with Crippen LogP contribution in [0.25, 0.3) is 11.1 Å². The monoisotopic (exact) mass is 285 g/mol. The first-order valence-electron chi connectivity index (χ1n) is 5.48. The molecular formula is C12H10F3N3O2. The first kappa shape index (κ1) is 13.9. The Morgan fingerprint density at radius 3 is 2.30 bits per heavy atom. The summed E-state index contributed by atoms with van der Waals surface area (Å²) in [5.74, 6) is -2.32. The molecular weight excluding hydrogens is 275 g/mol. The molecule has 3 N–H and O–H groups in total. The molecule has 0 aliphatic carbocycles. The lowest BCUT2D eigenvalue weighted by Gasteiger charge is -2.08. The molecule has 0 radical (unpaired) electrons. The number of aryl methyl sites for hydroxylation is 1. The molecule has 0 bridgehead atoms. The van der Waals surface area contributed by atoms with Crippen molar-refractivity contribution in [3.8, 4) is 11.1 Å². The van der Waals surface area contributed by atoms with Crippen LogP contribution in [-0.4, -0.2) is 20.9 Å². The second kappa shape index (κ2) is 4.55. The lowest BCUT2D eigenvalue weighted by Crippen LogP contribution is -2.20. The van der Waals surface area contributed by atoms with Gasteiger partial charge in [-0.3, -0.25) is 0 Å². The molecule has 0 spiro atoms. The summed E-state index contributed by atoms with van der Waals surface area (Å²) in [6.07, 6.45) is -4.88. The lowest BCUT2D eigenvalue weighted by atomic mass is 10.0. The Labute approximate surface area is 111 Å². The van der Waals surface area contributed by atoms with Crippen molar-refractivity contribution in [3.05, 3.63) is 35.5 Å². The van der Waals surface area contributed by atoms with E-state index in [9.17, 15) is 18.0 Å². The maximum Gasteiger partial charge on any atom is 0.506 e. The summed E-state index contributed by atoms with van der Waals surface area (Å²) in [7, 11) is 0. The highest BCUT2D eigenvalue weighted by Crippen LogP contribution is 2.35. The summed E-state index contributed by atoms with van der Waals surface area (Å²) in [6, 6.07) is 6.28. The number of aromatic nitrogens is 2. The van der Waals surface area contributed by atoms with Gasteiger partial charge in [0.1, 0.15) is 5.82 Å². The van der Waals surface area contributed by atoms with E-state index in [-0.39, 0.29) is 11.1 Å². The summed E-state index contributed by atoms with van der Waals surface area (Å²) in [5, 5.41) is 12.0. The molecule has 5 nitrogen and oxygen atoms in total. The van der Waals surface area contributed by atoms with Crippen molar-refractivity contribution in [3.63, 3.8) is 0 Å². The number of hydrogen-bond acceptors (Lipinski definition) is 3. The van der Waals surface area contributed by atoms with E-state index < -0.39 is 28.5 Å². The third-order valence-corrected chi connectivity index (χ3v) is 2.70. The summed E-state index contributed by atoms with van der Waals surface area (Å²) in [5.41, 5.74) is 5.59. The number of carboxylic acids is 1. The Balaban J connectivity index is 2.71. The maximum atomic E-state index is 12.7. The summed E-state index contributed by atoms with van der Waals surface area (Å²) in [4.78, 5) is 11.1. The van der Waals surface area contributed by atoms with Crippen molar-refractivity contribution >= 4 is 11.8 Å². The van der Waals surface area contributed by atoms with Crippen LogP contribution in [0.1, 0.15) is 16.1 Å². The Bertz CT molecular complexity index is 660. The zero-order valence-corrected chi connectivity index (χ0v) is 10.3. The Hall–Kier alpha value is -2.51. The van der Waals surface area contributed by atoms with Gasteiger partial charge in [0, 0.05) is 0 Å². The fraction of sp³-hybridized carbons (Fsp3) is 0.167. The molecule has 1 aromatic carbocycles. The third-order valence-electron chi connectivity index (χ3n) is 2.70. The van der Waals surface area contributed by atoms with Gasteiger partial charge in [0.15, 0.2) is 5.69 Å². The number of hydrogen-bond donors (Lipinski definition) is 2. The zero-order valence-electron chi connectivity index (χ0n) is 10.3. The number of carboxylic acid groups (broad SMARTS) is 1. The molecule has 0 aliphatic heterocycles. The molecule has 20 heavy (non-hydrogen) atoms. The van der Waals surface area contributed by atoms with Gasteiger partial charge in [0.25, 0.3) is 0 Å². The van der Waals surface area contributed by atoms with E-state index in [1.807, 2.05) is 0 Å². The van der Waals surface area contributed by atoms with Crippen LogP contribution in [-0.2, 0) is 6.30 Å². The number of rotatable bonds is 2. The second-order valence-corrected chi connectivity index (χ2v) is 4.16. The number of nitrogens with zero attached hydrogens (tertiary/aromatic N) is 2. The summed E-state index contributed by atoms with van der Waals surface area (Å²) < 4.78 is 37.7. The largest absolute Gasteiger partial charge is 0.506 e. The molecule has 8 heteroatoms. The minimum Gasteiger partial charge on any atom is -0.476 e. The number of carbonyl (C=O) groups is 1. The molecule has 0 saturated carbocycles. The molecule has 0 unspecified atom stereocenters. The number of halogens is 3. The van der Waals surface area contributed by atoms with E-state index in [1.165, 1.54) is 12.1 Å². The van der Waals surface area contributed by atoms with Crippen LogP contribution >= 0.6 is 0 Å². The van der Waals surface area contributed by atoms with Gasteiger partial charge in [0.05, 0.1) is 5.56 Å². The number of benzene rings is 1. The molecule has 2 aromatic rings. The van der Waals surface area contributed by atoms with Crippen molar-refractivity contribution in [1.29, 1.82) is 0 Å². The van der Waals surface area contributed by atoms with Gasteiger partial charge >= 0.3 is 12.3 Å². The predicted molar refractivity (Wildman–Crippen MR) is 65.1 cm³/mol. The first-order chi connectivity index (χ1) is 9.21. The Morgan fingerprint density at radius 2 is 1.85 bits per heavy atom. The Morgan fingerprint density at radius 1 is 1.30 bits per heavy atom. The molecule has 0 aliphatic rings. The topological polar surface area (TPSA) is 81.1 Å². The van der Waals surface area contributed by atoms with Gasteiger partial charge in [-0.1, -0.05) is 29.8 Å². The van der Waals surface area contributed by atoms with E-state index in [1.54, 1.807) is 19.1 Å². The average molecular weight is 285 g/mol. The smallest absolute Gasteiger partial charge is 0.476 e. The van der Waals surface area contributed by atoms with Crippen molar-refractivity contribution in [2.24, 2.45) is 0 Å². The molecule has 0 saturated heterocycles. The van der Waals surface area contributed by atoms with Gasteiger partial charge in [-0.25, -0.2) is 4.79 Å². The molecule has 0 amide bonds. The van der Waals surface area contributed by atoms with E-state index in [4.69, 9.17) is 10.8 Å². The van der Waals surface area contributed by atoms with Crippen LogP contribution in [0.15, 0.2) is 24.3 Å². The van der Waals surface area contributed by atoms with Crippen LogP contribution in [0.5, 0.6) is 0 Å². The van der Waals surface area contributed by atoms with E-state index in [0.29, 0.717) is 0 Å². The van der Waals surface area contributed by atoms with Crippen molar-refractivity contribution in [2.75, 3.05) is 5.73 Å². The molecule has 0 fully saturated rings. The van der Waals surface area contributed by atoms with E-state index in [2.05, 4.69) is 5.10 Å². The van der Waals surface area contributed by atoms with Gasteiger partial charge in [0.2, 0.25) is 0 Å². The molecule has 106 valence electrons. The maximum absolute atomic E-state index is 12.7. The molecule has 0 atom stereocenters. The lowest BCUT2D eigenvalue weighted by molar-refractivity contribution is -0.210. The highest BCUT2D eigenvalue weighted by Gasteiger charge is 2.37. The minimum atomic E-state index is -4.88. The number of nitrogen functional groups attached to an aromatic ring is 1. The number of anilines is 1. The van der Waals surface area contributed by atoms with E-state index in [0.717, 1.165) is 5.56 Å². The van der Waals surface area contributed by atoms with Crippen LogP contribution in [0.4, 0.5) is 19.0 Å². The van der Waals surface area contributed by atoms with Crippen LogP contribution in [0, 0.1) is 6.92 Å². The number of nitrogens with two attached hydrogens (primary N) is 1. The number of aromatic carboxylic acids is 1. The fourth-order valence-electron chi connectivity index (χ4n) is 1.78. The second-order valence-electron chi connectivity index (χ2n) is 4.16. The quantitative estimate of drug-likeness (QED) is 0.888. The van der Waals surface area contributed by atoms with Crippen molar-refractivity contribution < 1.29 is 23.1 Å². The highest BCUT2D eigenvalue weighted by molar-refractivity contribution is 5.97. The number of alkyl halides is 3. The fourth-order valence-corrected chi connectivity index (χ4v) is 1.78. The van der Waals surface area contributed by atoms with Gasteiger partial charge in [-0.05, 0) is 12.5 Å². The van der Waals surface area contributed by atoms with Gasteiger partial charge < -0.3 is 10.8 Å². The molecule has 1 heterocycles. The van der Waals surface area contributed by atoms with Crippen LogP contribution in [0.3, 0.4) is 0 Å². The van der Waals surface area contributed by atoms with Crippen molar-refractivity contribution in [1.82, 2.24) is 9.78 Å². The van der Waals surface area contributed by atoms with Crippen LogP contribution < -0.4 is 5.73 Å². The van der Waals surface area contributed by atoms with E-state index >= 15 is 0 Å². The Kier molecular flexibility index (Phi) is 3.16. The minimum absolute atomic E-state index is 0.241.